The van der Waals surface area contributed by atoms with Gasteiger partial charge in [-0.05, 0) is 36.8 Å². The van der Waals surface area contributed by atoms with Crippen molar-refractivity contribution in [2.45, 2.75) is 19.5 Å². The van der Waals surface area contributed by atoms with E-state index < -0.39 is 0 Å². The second kappa shape index (κ2) is 6.50. The van der Waals surface area contributed by atoms with Crippen molar-refractivity contribution < 1.29 is 0 Å². The van der Waals surface area contributed by atoms with Crippen molar-refractivity contribution in [1.29, 1.82) is 0 Å². The summed E-state index contributed by atoms with van der Waals surface area (Å²) in [5.74, 6) is 0. The molecule has 0 aliphatic carbocycles. The van der Waals surface area contributed by atoms with Gasteiger partial charge < -0.3 is 4.90 Å². The van der Waals surface area contributed by atoms with Crippen molar-refractivity contribution in [1.82, 2.24) is 4.90 Å². The number of hydrogen-bond donors (Lipinski definition) is 0. The van der Waals surface area contributed by atoms with Crippen LogP contribution in [0.4, 0.5) is 5.69 Å². The maximum Gasteiger partial charge on any atom is 0.0407 e. The van der Waals surface area contributed by atoms with E-state index in [0.717, 1.165) is 31.2 Å². The molecule has 1 saturated heterocycles. The molecule has 0 radical (unpaired) electrons. The standard InChI is InChI=1S/C18H21ClN2/c1-15-13-21(18-9-7-17(19)8-10-18)12-11-20(15)14-16-5-3-2-4-6-16/h2-10,15H,11-14H2,1H3/t15-/m0/s1. The topological polar surface area (TPSA) is 6.48 Å². The Morgan fingerprint density at radius 2 is 1.71 bits per heavy atom. The summed E-state index contributed by atoms with van der Waals surface area (Å²) in [4.78, 5) is 5.00. The molecule has 1 atom stereocenters. The summed E-state index contributed by atoms with van der Waals surface area (Å²) in [6, 6.07) is 19.4. The number of piperazine rings is 1. The maximum absolute atomic E-state index is 5.97. The molecule has 0 amide bonds. The molecule has 1 aliphatic heterocycles. The zero-order valence-corrected chi connectivity index (χ0v) is 13.1. The van der Waals surface area contributed by atoms with Gasteiger partial charge in [0.1, 0.15) is 0 Å². The highest BCUT2D eigenvalue weighted by Gasteiger charge is 2.23. The molecule has 3 rings (SSSR count). The molecule has 0 N–H and O–H groups in total. The average Bonchev–Trinajstić information content (AvgIpc) is 2.51. The van der Waals surface area contributed by atoms with Gasteiger partial charge in [0.15, 0.2) is 0 Å². The number of rotatable bonds is 3. The molecule has 2 nitrogen and oxygen atoms in total. The summed E-state index contributed by atoms with van der Waals surface area (Å²) in [5.41, 5.74) is 2.66. The van der Waals surface area contributed by atoms with Crippen molar-refractivity contribution >= 4 is 17.3 Å². The largest absolute Gasteiger partial charge is 0.369 e. The van der Waals surface area contributed by atoms with Gasteiger partial charge in [-0.25, -0.2) is 0 Å². The van der Waals surface area contributed by atoms with Crippen molar-refractivity contribution in [3.05, 3.63) is 65.2 Å². The van der Waals surface area contributed by atoms with E-state index in [2.05, 4.69) is 59.2 Å². The first-order valence-corrected chi connectivity index (χ1v) is 7.88. The van der Waals surface area contributed by atoms with Gasteiger partial charge in [0.2, 0.25) is 0 Å². The highest BCUT2D eigenvalue weighted by atomic mass is 35.5. The lowest BCUT2D eigenvalue weighted by Crippen LogP contribution is -2.51. The third-order valence-corrected chi connectivity index (χ3v) is 4.44. The molecule has 0 saturated carbocycles. The number of benzene rings is 2. The quantitative estimate of drug-likeness (QED) is 0.844. The van der Waals surface area contributed by atoms with Crippen LogP contribution in [0.25, 0.3) is 0 Å². The zero-order valence-electron chi connectivity index (χ0n) is 12.4. The fraction of sp³-hybridized carbons (Fsp3) is 0.333. The van der Waals surface area contributed by atoms with Crippen LogP contribution in [-0.4, -0.2) is 30.6 Å². The Morgan fingerprint density at radius 3 is 2.38 bits per heavy atom. The highest BCUT2D eigenvalue weighted by Crippen LogP contribution is 2.22. The first-order chi connectivity index (χ1) is 10.2. The third kappa shape index (κ3) is 3.58. The molecule has 1 aliphatic rings. The van der Waals surface area contributed by atoms with E-state index >= 15 is 0 Å². The average molecular weight is 301 g/mol. The summed E-state index contributed by atoms with van der Waals surface area (Å²) in [6.07, 6.45) is 0. The lowest BCUT2D eigenvalue weighted by Gasteiger charge is -2.41. The van der Waals surface area contributed by atoms with Gasteiger partial charge >= 0.3 is 0 Å². The van der Waals surface area contributed by atoms with Gasteiger partial charge in [0.25, 0.3) is 0 Å². The van der Waals surface area contributed by atoms with Crippen LogP contribution in [-0.2, 0) is 6.54 Å². The van der Waals surface area contributed by atoms with Gasteiger partial charge in [-0.1, -0.05) is 41.9 Å². The monoisotopic (exact) mass is 300 g/mol. The Hall–Kier alpha value is -1.51. The molecule has 2 aromatic carbocycles. The molecule has 0 spiro atoms. The van der Waals surface area contributed by atoms with Crippen LogP contribution >= 0.6 is 11.6 Å². The van der Waals surface area contributed by atoms with E-state index in [-0.39, 0.29) is 0 Å². The van der Waals surface area contributed by atoms with Crippen LogP contribution in [0.1, 0.15) is 12.5 Å². The highest BCUT2D eigenvalue weighted by molar-refractivity contribution is 6.30. The van der Waals surface area contributed by atoms with Crippen LogP contribution in [0, 0.1) is 0 Å². The van der Waals surface area contributed by atoms with Crippen LogP contribution in [0.2, 0.25) is 5.02 Å². The minimum Gasteiger partial charge on any atom is -0.369 e. The summed E-state index contributed by atoms with van der Waals surface area (Å²) in [7, 11) is 0. The Labute approximate surface area is 131 Å². The number of hydrogen-bond acceptors (Lipinski definition) is 2. The first-order valence-electron chi connectivity index (χ1n) is 7.51. The van der Waals surface area contributed by atoms with Crippen molar-refractivity contribution in [3.63, 3.8) is 0 Å². The Kier molecular flexibility index (Phi) is 4.47. The Balaban J connectivity index is 1.63. The van der Waals surface area contributed by atoms with E-state index in [1.807, 2.05) is 12.1 Å². The van der Waals surface area contributed by atoms with Gasteiger partial charge in [-0.2, -0.15) is 0 Å². The predicted octanol–water partition coefficient (Wildman–Crippen LogP) is 4.05. The van der Waals surface area contributed by atoms with Gasteiger partial charge in [-0.3, -0.25) is 4.90 Å². The fourth-order valence-corrected chi connectivity index (χ4v) is 3.06. The first kappa shape index (κ1) is 14.4. The lowest BCUT2D eigenvalue weighted by atomic mass is 10.1. The molecule has 21 heavy (non-hydrogen) atoms. The summed E-state index contributed by atoms with van der Waals surface area (Å²) in [5, 5.41) is 0.800. The second-order valence-corrected chi connectivity index (χ2v) is 6.16. The van der Waals surface area contributed by atoms with Crippen molar-refractivity contribution in [2.24, 2.45) is 0 Å². The summed E-state index contributed by atoms with van der Waals surface area (Å²) >= 11 is 5.97. The molecular formula is C18H21ClN2. The predicted molar refractivity (Wildman–Crippen MR) is 90.0 cm³/mol. The summed E-state index contributed by atoms with van der Waals surface area (Å²) in [6.45, 7) is 6.58. The molecule has 110 valence electrons. The van der Waals surface area contributed by atoms with Gasteiger partial charge in [0.05, 0.1) is 0 Å². The normalized spacial score (nSPS) is 19.7. The second-order valence-electron chi connectivity index (χ2n) is 5.73. The third-order valence-electron chi connectivity index (χ3n) is 4.19. The molecule has 1 fully saturated rings. The molecule has 0 aromatic heterocycles. The van der Waals surface area contributed by atoms with Crippen LogP contribution in [0.3, 0.4) is 0 Å². The smallest absolute Gasteiger partial charge is 0.0407 e. The van der Waals surface area contributed by atoms with Crippen molar-refractivity contribution in [2.75, 3.05) is 24.5 Å². The van der Waals surface area contributed by atoms with Crippen LogP contribution in [0.5, 0.6) is 0 Å². The minimum atomic E-state index is 0.551. The van der Waals surface area contributed by atoms with E-state index in [1.54, 1.807) is 0 Å². The SMILES string of the molecule is C[C@H]1CN(c2ccc(Cl)cc2)CCN1Cc1ccccc1. The van der Waals surface area contributed by atoms with Crippen LogP contribution < -0.4 is 4.90 Å². The molecule has 3 heteroatoms. The fourth-order valence-electron chi connectivity index (χ4n) is 2.93. The molecule has 0 unspecified atom stereocenters. The van der Waals surface area contributed by atoms with Gasteiger partial charge in [-0.15, -0.1) is 0 Å². The molecule has 0 bridgehead atoms. The van der Waals surface area contributed by atoms with E-state index in [1.165, 1.54) is 11.3 Å². The zero-order chi connectivity index (χ0) is 14.7. The van der Waals surface area contributed by atoms with Crippen LogP contribution in [0.15, 0.2) is 54.6 Å². The lowest BCUT2D eigenvalue weighted by molar-refractivity contribution is 0.181. The molecular weight excluding hydrogens is 280 g/mol. The summed E-state index contributed by atoms with van der Waals surface area (Å²) < 4.78 is 0. The number of nitrogens with zero attached hydrogens (tertiary/aromatic N) is 2. The maximum atomic E-state index is 5.97. The van der Waals surface area contributed by atoms with E-state index in [0.29, 0.717) is 6.04 Å². The van der Waals surface area contributed by atoms with E-state index in [9.17, 15) is 0 Å². The Morgan fingerprint density at radius 1 is 1.00 bits per heavy atom. The number of halogens is 1. The molecule has 1 heterocycles. The molecule has 2 aromatic rings. The number of anilines is 1. The van der Waals surface area contributed by atoms with Gasteiger partial charge in [0, 0.05) is 42.9 Å². The van der Waals surface area contributed by atoms with E-state index in [4.69, 9.17) is 11.6 Å². The minimum absolute atomic E-state index is 0.551. The Bertz CT molecular complexity index is 568. The van der Waals surface area contributed by atoms with Crippen molar-refractivity contribution in [3.8, 4) is 0 Å².